The van der Waals surface area contributed by atoms with Crippen LogP contribution < -0.4 is 5.32 Å². The molecule has 0 unspecified atom stereocenters. The number of nitrogens with zero attached hydrogens (tertiary/aromatic N) is 1. The normalized spacial score (nSPS) is 11.8. The topological polar surface area (TPSA) is 49.4 Å². The summed E-state index contributed by atoms with van der Waals surface area (Å²) in [6.07, 6.45) is 0.206. The summed E-state index contributed by atoms with van der Waals surface area (Å²) in [7, 11) is 1.56. The molecular formula is C26H26Cl2N2O2. The van der Waals surface area contributed by atoms with E-state index < -0.39 is 6.04 Å². The molecule has 0 aliphatic rings. The molecule has 6 heteroatoms. The lowest BCUT2D eigenvalue weighted by atomic mass is 9.88. The lowest BCUT2D eigenvalue weighted by molar-refractivity contribution is -0.140. The first-order chi connectivity index (χ1) is 15.4. The lowest BCUT2D eigenvalue weighted by Crippen LogP contribution is -2.47. The fourth-order valence-corrected chi connectivity index (χ4v) is 4.25. The third-order valence-electron chi connectivity index (χ3n) is 5.59. The predicted molar refractivity (Wildman–Crippen MR) is 130 cm³/mol. The van der Waals surface area contributed by atoms with Gasteiger partial charge in [0.25, 0.3) is 0 Å². The van der Waals surface area contributed by atoms with Crippen molar-refractivity contribution < 1.29 is 9.59 Å². The maximum absolute atomic E-state index is 13.6. The Morgan fingerprint density at radius 3 is 1.81 bits per heavy atom. The molecule has 0 bridgehead atoms. The van der Waals surface area contributed by atoms with E-state index in [1.807, 2.05) is 60.7 Å². The average Bonchev–Trinajstić information content (AvgIpc) is 2.82. The number of likely N-dealkylation sites (N-methyl/N-ethyl adjacent to an activating group) is 1. The summed E-state index contributed by atoms with van der Waals surface area (Å²) >= 11 is 12.7. The standard InChI is InChI=1S/C26H26Cl2N2O2/c1-18(26(32)29-2)30(17-22-23(27)14-9-15-24(22)28)25(31)16-21(19-10-5-3-6-11-19)20-12-7-4-8-13-20/h3-15,18,21H,16-17H2,1-2H3,(H,29,32)/t18-/m0/s1. The van der Waals surface area contributed by atoms with Gasteiger partial charge in [-0.05, 0) is 30.2 Å². The van der Waals surface area contributed by atoms with Gasteiger partial charge >= 0.3 is 0 Å². The third-order valence-corrected chi connectivity index (χ3v) is 6.29. The molecule has 0 aliphatic carbocycles. The van der Waals surface area contributed by atoms with Crippen molar-refractivity contribution >= 4 is 35.0 Å². The Morgan fingerprint density at radius 2 is 1.34 bits per heavy atom. The van der Waals surface area contributed by atoms with E-state index in [-0.39, 0.29) is 30.7 Å². The summed E-state index contributed by atoms with van der Waals surface area (Å²) in [5.41, 5.74) is 2.70. The minimum absolute atomic E-state index is 0.141. The van der Waals surface area contributed by atoms with Gasteiger partial charge in [0.05, 0.1) is 0 Å². The molecule has 0 saturated carbocycles. The van der Waals surface area contributed by atoms with Crippen molar-refractivity contribution in [2.24, 2.45) is 0 Å². The summed E-state index contributed by atoms with van der Waals surface area (Å²) in [6.45, 7) is 1.85. The Labute approximate surface area is 199 Å². The van der Waals surface area contributed by atoms with E-state index in [0.29, 0.717) is 15.6 Å². The van der Waals surface area contributed by atoms with Gasteiger partial charge in [-0.1, -0.05) is 89.9 Å². The second kappa shape index (κ2) is 11.2. The minimum atomic E-state index is -0.688. The Morgan fingerprint density at radius 1 is 0.844 bits per heavy atom. The van der Waals surface area contributed by atoms with Crippen LogP contribution in [0, 0.1) is 0 Å². The number of rotatable bonds is 8. The van der Waals surface area contributed by atoms with Crippen LogP contribution in [0.25, 0.3) is 0 Å². The lowest BCUT2D eigenvalue weighted by Gasteiger charge is -2.30. The van der Waals surface area contributed by atoms with Gasteiger partial charge in [0, 0.05) is 41.5 Å². The van der Waals surface area contributed by atoms with Crippen molar-refractivity contribution in [2.75, 3.05) is 7.05 Å². The zero-order valence-corrected chi connectivity index (χ0v) is 19.6. The molecule has 4 nitrogen and oxygen atoms in total. The Balaban J connectivity index is 1.96. The monoisotopic (exact) mass is 468 g/mol. The average molecular weight is 469 g/mol. The molecule has 3 aromatic carbocycles. The highest BCUT2D eigenvalue weighted by molar-refractivity contribution is 6.36. The number of carbonyl (C=O) groups is 2. The van der Waals surface area contributed by atoms with Gasteiger partial charge in [-0.25, -0.2) is 0 Å². The van der Waals surface area contributed by atoms with Crippen molar-refractivity contribution in [1.82, 2.24) is 10.2 Å². The Hall–Kier alpha value is -2.82. The van der Waals surface area contributed by atoms with E-state index >= 15 is 0 Å². The molecule has 0 saturated heterocycles. The number of hydrogen-bond donors (Lipinski definition) is 1. The molecule has 0 radical (unpaired) electrons. The quantitative estimate of drug-likeness (QED) is 0.462. The number of hydrogen-bond acceptors (Lipinski definition) is 2. The van der Waals surface area contributed by atoms with Crippen LogP contribution in [-0.2, 0) is 16.1 Å². The van der Waals surface area contributed by atoms with E-state index in [1.165, 1.54) is 0 Å². The SMILES string of the molecule is CNC(=O)[C@H](C)N(Cc1c(Cl)cccc1Cl)C(=O)CC(c1ccccc1)c1ccccc1. The molecule has 2 amide bonds. The van der Waals surface area contributed by atoms with E-state index in [4.69, 9.17) is 23.2 Å². The van der Waals surface area contributed by atoms with E-state index in [2.05, 4.69) is 5.32 Å². The molecule has 1 N–H and O–H groups in total. The first-order valence-corrected chi connectivity index (χ1v) is 11.2. The number of nitrogens with one attached hydrogen (secondary N) is 1. The van der Waals surface area contributed by atoms with Crippen molar-refractivity contribution in [2.45, 2.75) is 31.8 Å². The molecule has 0 spiro atoms. The second-order valence-electron chi connectivity index (χ2n) is 7.59. The summed E-state index contributed by atoms with van der Waals surface area (Å²) in [6, 6.07) is 24.3. The number of halogens is 2. The molecule has 32 heavy (non-hydrogen) atoms. The number of amides is 2. The summed E-state index contributed by atoms with van der Waals surface area (Å²) in [5, 5.41) is 3.55. The van der Waals surface area contributed by atoms with Crippen LogP contribution in [0.3, 0.4) is 0 Å². The highest BCUT2D eigenvalue weighted by Crippen LogP contribution is 2.31. The smallest absolute Gasteiger partial charge is 0.242 e. The molecule has 1 atom stereocenters. The van der Waals surface area contributed by atoms with Crippen LogP contribution in [0.2, 0.25) is 10.0 Å². The number of benzene rings is 3. The first-order valence-electron chi connectivity index (χ1n) is 10.5. The molecule has 0 aliphatic heterocycles. The molecule has 3 rings (SSSR count). The molecule has 0 heterocycles. The summed E-state index contributed by atoms with van der Waals surface area (Å²) in [5.74, 6) is -0.557. The van der Waals surface area contributed by atoms with Crippen molar-refractivity contribution in [3.05, 3.63) is 106 Å². The van der Waals surface area contributed by atoms with E-state index in [9.17, 15) is 9.59 Å². The predicted octanol–water partition coefficient (Wildman–Crippen LogP) is 5.68. The maximum Gasteiger partial charge on any atom is 0.242 e. The van der Waals surface area contributed by atoms with Crippen LogP contribution in [0.5, 0.6) is 0 Å². The van der Waals surface area contributed by atoms with Crippen LogP contribution in [0.4, 0.5) is 0 Å². The van der Waals surface area contributed by atoms with Crippen LogP contribution >= 0.6 is 23.2 Å². The molecule has 0 aromatic heterocycles. The van der Waals surface area contributed by atoms with Crippen molar-refractivity contribution in [3.8, 4) is 0 Å². The fraction of sp³-hybridized carbons (Fsp3) is 0.231. The highest BCUT2D eigenvalue weighted by Gasteiger charge is 2.29. The van der Waals surface area contributed by atoms with Gasteiger partial charge in [-0.3, -0.25) is 9.59 Å². The van der Waals surface area contributed by atoms with Gasteiger partial charge in [-0.2, -0.15) is 0 Å². The van der Waals surface area contributed by atoms with Crippen molar-refractivity contribution in [3.63, 3.8) is 0 Å². The van der Waals surface area contributed by atoms with Gasteiger partial charge in [0.15, 0.2) is 0 Å². The van der Waals surface area contributed by atoms with Gasteiger partial charge < -0.3 is 10.2 Å². The van der Waals surface area contributed by atoms with E-state index in [0.717, 1.165) is 11.1 Å². The molecular weight excluding hydrogens is 443 g/mol. The summed E-state index contributed by atoms with van der Waals surface area (Å²) < 4.78 is 0. The van der Waals surface area contributed by atoms with Crippen LogP contribution in [-0.4, -0.2) is 29.8 Å². The fourth-order valence-electron chi connectivity index (χ4n) is 3.74. The third kappa shape index (κ3) is 5.70. The van der Waals surface area contributed by atoms with E-state index in [1.54, 1.807) is 37.1 Å². The number of carbonyl (C=O) groups excluding carboxylic acids is 2. The van der Waals surface area contributed by atoms with Crippen LogP contribution in [0.1, 0.15) is 36.0 Å². The molecule has 3 aromatic rings. The first kappa shape index (κ1) is 23.8. The molecule has 166 valence electrons. The molecule has 0 fully saturated rings. The van der Waals surface area contributed by atoms with Gasteiger partial charge in [0.1, 0.15) is 6.04 Å². The van der Waals surface area contributed by atoms with Crippen molar-refractivity contribution in [1.29, 1.82) is 0 Å². The highest BCUT2D eigenvalue weighted by atomic mass is 35.5. The van der Waals surface area contributed by atoms with Gasteiger partial charge in [0.2, 0.25) is 11.8 Å². The zero-order chi connectivity index (χ0) is 23.1. The van der Waals surface area contributed by atoms with Gasteiger partial charge in [-0.15, -0.1) is 0 Å². The zero-order valence-electron chi connectivity index (χ0n) is 18.1. The second-order valence-corrected chi connectivity index (χ2v) is 8.40. The largest absolute Gasteiger partial charge is 0.357 e. The summed E-state index contributed by atoms with van der Waals surface area (Å²) in [4.78, 5) is 27.7. The Kier molecular flexibility index (Phi) is 8.32. The van der Waals surface area contributed by atoms with Crippen LogP contribution in [0.15, 0.2) is 78.9 Å². The minimum Gasteiger partial charge on any atom is -0.357 e. The Bertz CT molecular complexity index is 998. The maximum atomic E-state index is 13.6.